The highest BCUT2D eigenvalue weighted by molar-refractivity contribution is 5.04. The maximum atomic E-state index is 3.56. The summed E-state index contributed by atoms with van der Waals surface area (Å²) >= 11 is 0. The molecular weight excluding hydrogens is 408 g/mol. The minimum absolute atomic E-state index is 0. The third-order valence-electron chi connectivity index (χ3n) is 8.18. The molecule has 2 saturated carbocycles. The van der Waals surface area contributed by atoms with Crippen molar-refractivity contribution in [2.24, 2.45) is 35.0 Å². The van der Waals surface area contributed by atoms with Crippen molar-refractivity contribution in [2.75, 3.05) is 0 Å². The van der Waals surface area contributed by atoms with Gasteiger partial charge in [-0.3, -0.25) is 0 Å². The lowest BCUT2D eigenvalue weighted by Crippen LogP contribution is -2.28. The molecule has 0 nitrogen and oxygen atoms in total. The standard InChI is InChI=1S/C27H48.3C2H6.CH4/c1-22(2)16-18-26-19-17-24(4)27(26,5)21-20-23(3)12-8-6-9-13-25-14-10-7-11-15-25;3*1-2;/h22-26H,6-8,10-12,14-21H2,1-5H3;3*1-2H3;1H4/t23-,24?,26?,27?;;;;/m1..../s1. The van der Waals surface area contributed by atoms with Gasteiger partial charge in [0, 0.05) is 12.3 Å². The van der Waals surface area contributed by atoms with Crippen LogP contribution < -0.4 is 0 Å². The lowest BCUT2D eigenvalue weighted by molar-refractivity contribution is 0.128. The molecule has 206 valence electrons. The molecule has 2 aliphatic rings. The van der Waals surface area contributed by atoms with Crippen LogP contribution in [0.15, 0.2) is 0 Å². The summed E-state index contributed by atoms with van der Waals surface area (Å²) in [6.45, 7) is 24.4. The molecule has 0 N–H and O–H groups in total. The Morgan fingerprint density at radius 1 is 0.794 bits per heavy atom. The third-order valence-corrected chi connectivity index (χ3v) is 8.18. The first-order valence-corrected chi connectivity index (χ1v) is 15.4. The molecule has 0 aliphatic heterocycles. The maximum Gasteiger partial charge on any atom is 0.0202 e. The van der Waals surface area contributed by atoms with E-state index in [0.29, 0.717) is 5.41 Å². The second-order valence-corrected chi connectivity index (χ2v) is 10.8. The first-order valence-electron chi connectivity index (χ1n) is 15.4. The molecule has 34 heavy (non-hydrogen) atoms. The average Bonchev–Trinajstić information content (AvgIpc) is 3.14. The van der Waals surface area contributed by atoms with Crippen LogP contribution in [-0.4, -0.2) is 0 Å². The topological polar surface area (TPSA) is 0 Å². The number of unbranched alkanes of at least 4 members (excludes halogenated alkanes) is 1. The van der Waals surface area contributed by atoms with E-state index < -0.39 is 0 Å². The summed E-state index contributed by atoms with van der Waals surface area (Å²) in [7, 11) is 0. The largest absolute Gasteiger partial charge is 0.103 e. The van der Waals surface area contributed by atoms with Crippen LogP contribution in [0.5, 0.6) is 0 Å². The van der Waals surface area contributed by atoms with Gasteiger partial charge >= 0.3 is 0 Å². The van der Waals surface area contributed by atoms with Gasteiger partial charge in [0.25, 0.3) is 0 Å². The van der Waals surface area contributed by atoms with E-state index in [2.05, 4.69) is 46.5 Å². The van der Waals surface area contributed by atoms with Gasteiger partial charge in [-0.25, -0.2) is 0 Å². The summed E-state index contributed by atoms with van der Waals surface area (Å²) in [5.41, 5.74) is 0.601. The molecule has 0 aromatic heterocycles. The van der Waals surface area contributed by atoms with E-state index in [9.17, 15) is 0 Å². The molecular formula is C34H70. The lowest BCUT2D eigenvalue weighted by Gasteiger charge is -2.37. The monoisotopic (exact) mass is 479 g/mol. The van der Waals surface area contributed by atoms with E-state index in [1.54, 1.807) is 0 Å². The Bertz CT molecular complexity index is 458. The molecule has 0 heteroatoms. The molecule has 0 aromatic rings. The van der Waals surface area contributed by atoms with Crippen molar-refractivity contribution < 1.29 is 0 Å². The van der Waals surface area contributed by atoms with Gasteiger partial charge in [0.15, 0.2) is 0 Å². The molecule has 0 spiro atoms. The van der Waals surface area contributed by atoms with E-state index in [0.717, 1.165) is 36.0 Å². The van der Waals surface area contributed by atoms with Crippen molar-refractivity contribution in [2.45, 2.75) is 173 Å². The van der Waals surface area contributed by atoms with Crippen LogP contribution in [0, 0.1) is 46.8 Å². The Morgan fingerprint density at radius 3 is 1.94 bits per heavy atom. The van der Waals surface area contributed by atoms with Crippen LogP contribution >= 0.6 is 0 Å². The summed E-state index contributed by atoms with van der Waals surface area (Å²) in [4.78, 5) is 0. The second kappa shape index (κ2) is 24.3. The Hall–Kier alpha value is -0.440. The predicted octanol–water partition coefficient (Wildman–Crippen LogP) is 12.4. The molecule has 0 aromatic carbocycles. The number of hydrogen-bond acceptors (Lipinski definition) is 0. The Labute approximate surface area is 220 Å². The molecule has 0 saturated heterocycles. The van der Waals surface area contributed by atoms with Gasteiger partial charge in [-0.05, 0) is 80.5 Å². The smallest absolute Gasteiger partial charge is 0.0202 e. The molecule has 0 radical (unpaired) electrons. The molecule has 2 aliphatic carbocycles. The Morgan fingerprint density at radius 2 is 1.38 bits per heavy atom. The van der Waals surface area contributed by atoms with Gasteiger partial charge in [-0.2, -0.15) is 0 Å². The van der Waals surface area contributed by atoms with Crippen molar-refractivity contribution >= 4 is 0 Å². The molecule has 2 fully saturated rings. The Balaban J connectivity index is -0.00000127. The highest BCUT2D eigenvalue weighted by Crippen LogP contribution is 2.53. The molecule has 2 rings (SSSR count). The molecule has 0 amide bonds. The summed E-state index contributed by atoms with van der Waals surface area (Å²) in [5, 5.41) is 0. The average molecular weight is 479 g/mol. The first kappa shape index (κ1) is 38.1. The van der Waals surface area contributed by atoms with Crippen LogP contribution in [0.4, 0.5) is 0 Å². The van der Waals surface area contributed by atoms with Crippen molar-refractivity contribution in [3.05, 3.63) is 0 Å². The third kappa shape index (κ3) is 15.5. The normalized spacial score (nSPS) is 24.6. The summed E-state index contributed by atoms with van der Waals surface area (Å²) in [5.74, 6) is 11.4. The summed E-state index contributed by atoms with van der Waals surface area (Å²) in [6, 6.07) is 0. The van der Waals surface area contributed by atoms with Crippen molar-refractivity contribution in [3.8, 4) is 11.8 Å². The zero-order valence-electron chi connectivity index (χ0n) is 25.3. The van der Waals surface area contributed by atoms with Gasteiger partial charge in [0.05, 0.1) is 0 Å². The zero-order valence-corrected chi connectivity index (χ0v) is 25.3. The highest BCUT2D eigenvalue weighted by Gasteiger charge is 2.43. The Kier molecular flexibility index (Phi) is 27.2. The van der Waals surface area contributed by atoms with Crippen molar-refractivity contribution in [3.63, 3.8) is 0 Å². The predicted molar refractivity (Wildman–Crippen MR) is 161 cm³/mol. The number of rotatable bonds is 9. The van der Waals surface area contributed by atoms with E-state index >= 15 is 0 Å². The van der Waals surface area contributed by atoms with Gasteiger partial charge in [0.2, 0.25) is 0 Å². The maximum absolute atomic E-state index is 3.56. The molecule has 0 heterocycles. The van der Waals surface area contributed by atoms with Crippen molar-refractivity contribution in [1.29, 1.82) is 0 Å². The van der Waals surface area contributed by atoms with Crippen molar-refractivity contribution in [1.82, 2.24) is 0 Å². The van der Waals surface area contributed by atoms with E-state index in [1.165, 1.54) is 83.5 Å². The van der Waals surface area contributed by atoms with E-state index in [1.807, 2.05) is 41.5 Å². The SMILES string of the molecule is C.CC.CC.CC.CC(C)CCC1CCC(C)C1(C)CC[C@H](C)CCCC#CC1CCCCC1. The molecule has 0 bridgehead atoms. The molecule has 3 unspecified atom stereocenters. The molecule has 4 atom stereocenters. The minimum Gasteiger partial charge on any atom is -0.103 e. The van der Waals surface area contributed by atoms with Crippen LogP contribution in [0.3, 0.4) is 0 Å². The quantitative estimate of drug-likeness (QED) is 0.228. The lowest BCUT2D eigenvalue weighted by atomic mass is 9.68. The van der Waals surface area contributed by atoms with Gasteiger partial charge in [-0.15, -0.1) is 5.92 Å². The van der Waals surface area contributed by atoms with Crippen LogP contribution in [-0.2, 0) is 0 Å². The van der Waals surface area contributed by atoms with E-state index in [-0.39, 0.29) is 7.43 Å². The highest BCUT2D eigenvalue weighted by atomic mass is 14.5. The first-order chi connectivity index (χ1) is 15.9. The fraction of sp³-hybridized carbons (Fsp3) is 0.941. The fourth-order valence-electron chi connectivity index (χ4n) is 5.68. The van der Waals surface area contributed by atoms with E-state index in [4.69, 9.17) is 0 Å². The van der Waals surface area contributed by atoms with Crippen LogP contribution in [0.1, 0.15) is 173 Å². The zero-order chi connectivity index (χ0) is 25.7. The van der Waals surface area contributed by atoms with Gasteiger partial charge < -0.3 is 0 Å². The second-order valence-electron chi connectivity index (χ2n) is 10.8. The summed E-state index contributed by atoms with van der Waals surface area (Å²) < 4.78 is 0. The fourth-order valence-corrected chi connectivity index (χ4v) is 5.68. The van der Waals surface area contributed by atoms with Crippen LogP contribution in [0.25, 0.3) is 0 Å². The minimum atomic E-state index is 0. The van der Waals surface area contributed by atoms with Gasteiger partial charge in [0.1, 0.15) is 0 Å². The number of hydrogen-bond donors (Lipinski definition) is 0. The van der Waals surface area contributed by atoms with Gasteiger partial charge in [-0.1, -0.05) is 122 Å². The van der Waals surface area contributed by atoms with Crippen LogP contribution in [0.2, 0.25) is 0 Å². The summed E-state index contributed by atoms with van der Waals surface area (Å²) in [6.07, 6.45) is 19.5.